The maximum atomic E-state index is 14.6. The molecule has 13 nitrogen and oxygen atoms in total. The highest BCUT2D eigenvalue weighted by molar-refractivity contribution is 5.92. The van der Waals surface area contributed by atoms with E-state index in [4.69, 9.17) is 29.4 Å². The van der Waals surface area contributed by atoms with Crippen molar-refractivity contribution in [3.8, 4) is 39.9 Å². The number of hydrogen-bond acceptors (Lipinski definition) is 10. The number of methoxy groups -OCH3 is 5. The van der Waals surface area contributed by atoms with E-state index in [2.05, 4.69) is 10.6 Å². The lowest BCUT2D eigenvalue weighted by molar-refractivity contribution is -0.142. The van der Waals surface area contributed by atoms with Gasteiger partial charge in [0.1, 0.15) is 12.1 Å². The highest BCUT2D eigenvalue weighted by Gasteiger charge is 2.39. The molecule has 13 heteroatoms. The molecule has 3 aromatic carbocycles. The number of carbonyl (C=O) groups excluding carboxylic acids is 3. The average molecular weight is 717 g/mol. The van der Waals surface area contributed by atoms with E-state index in [-0.39, 0.29) is 41.8 Å². The first kappa shape index (κ1) is 37.8. The minimum atomic E-state index is -0.921. The molecular weight excluding hydrogens is 668 g/mol. The van der Waals surface area contributed by atoms with Crippen LogP contribution < -0.4 is 45.5 Å². The smallest absolute Gasteiger partial charge is 0.246 e. The maximum Gasteiger partial charge on any atom is 0.246 e. The number of carbonyl (C=O) groups is 3. The number of primary amides is 1. The fourth-order valence-corrected chi connectivity index (χ4v) is 7.25. The van der Waals surface area contributed by atoms with Crippen molar-refractivity contribution < 1.29 is 38.1 Å². The summed E-state index contributed by atoms with van der Waals surface area (Å²) in [7, 11) is 7.68. The second kappa shape index (κ2) is 15.8. The van der Waals surface area contributed by atoms with Crippen molar-refractivity contribution in [3.63, 3.8) is 0 Å². The number of nitrogens with zero attached hydrogens (tertiary/aromatic N) is 1. The molecule has 278 valence electrons. The van der Waals surface area contributed by atoms with E-state index in [0.717, 1.165) is 16.7 Å². The van der Waals surface area contributed by atoms with E-state index in [1.165, 1.54) is 46.3 Å². The van der Waals surface area contributed by atoms with E-state index in [1.54, 1.807) is 31.4 Å². The second-order valence-corrected chi connectivity index (χ2v) is 13.2. The van der Waals surface area contributed by atoms with Crippen LogP contribution in [0.15, 0.2) is 41.2 Å². The average Bonchev–Trinajstić information content (AvgIpc) is 3.38. The SMILES string of the molecule is CC[C@H](C)[C@@H](Nc1ccc2c(cc1=O)[C@H](NC(C)=O)CCc1cc(OC)c(OC)c(OC)c1-2)C(=O)N1Cc2cc(OC)c(OC)cc2C[C@@H]1C(N)=O. The first-order chi connectivity index (χ1) is 24.9. The predicted octanol–water partition coefficient (Wildman–Crippen LogP) is 4.15. The molecule has 0 aromatic heterocycles. The van der Waals surface area contributed by atoms with Crippen molar-refractivity contribution >= 4 is 23.4 Å². The molecule has 0 saturated carbocycles. The summed E-state index contributed by atoms with van der Waals surface area (Å²) >= 11 is 0. The number of fused-ring (bicyclic) bond motifs is 4. The molecule has 2 aliphatic rings. The van der Waals surface area contributed by atoms with Gasteiger partial charge < -0.3 is 45.0 Å². The third-order valence-electron chi connectivity index (χ3n) is 10.2. The van der Waals surface area contributed by atoms with Crippen LogP contribution in [0, 0.1) is 5.92 Å². The van der Waals surface area contributed by atoms with Crippen LogP contribution in [0.5, 0.6) is 28.7 Å². The van der Waals surface area contributed by atoms with Crippen molar-refractivity contribution in [3.05, 3.63) is 68.9 Å². The monoisotopic (exact) mass is 716 g/mol. The Kier molecular flexibility index (Phi) is 11.5. The molecule has 1 aliphatic carbocycles. The highest BCUT2D eigenvalue weighted by Crippen LogP contribution is 2.50. The predicted molar refractivity (Wildman–Crippen MR) is 196 cm³/mol. The topological polar surface area (TPSA) is 168 Å². The standard InChI is InChI=1S/C39H48N4O9/c1-9-20(2)35(39(47)43-19-24-17-32(49-5)31(48-4)16-23(24)14-29(43)38(40)46)42-28-13-11-25-26(18-30(28)45)27(41-21(3)44)12-10-22-15-33(50-6)36(51-7)37(52-8)34(22)25/h11,13,15-18,20,27,29,35H,9-10,12,14,19H2,1-8H3,(H2,40,46)(H,41,44)(H,42,45)/t20-,27+,29+,35+/m0/s1. The van der Waals surface area contributed by atoms with Crippen molar-refractivity contribution in [2.45, 2.75) is 71.1 Å². The van der Waals surface area contributed by atoms with E-state index in [9.17, 15) is 19.2 Å². The van der Waals surface area contributed by atoms with Crippen LogP contribution >= 0.6 is 0 Å². The summed E-state index contributed by atoms with van der Waals surface area (Å²) in [5, 5.41) is 6.28. The Balaban J connectivity index is 1.62. The lowest BCUT2D eigenvalue weighted by Crippen LogP contribution is -2.56. The fourth-order valence-electron chi connectivity index (χ4n) is 7.25. The lowest BCUT2D eigenvalue weighted by Gasteiger charge is -2.38. The molecule has 5 rings (SSSR count). The first-order valence-corrected chi connectivity index (χ1v) is 17.3. The van der Waals surface area contributed by atoms with Crippen molar-refractivity contribution in [2.24, 2.45) is 11.7 Å². The number of anilines is 1. The van der Waals surface area contributed by atoms with Gasteiger partial charge in [-0.3, -0.25) is 19.2 Å². The molecule has 4 atom stereocenters. The van der Waals surface area contributed by atoms with Crippen LogP contribution in [-0.2, 0) is 33.8 Å². The Bertz CT molecular complexity index is 1930. The summed E-state index contributed by atoms with van der Waals surface area (Å²) < 4.78 is 28.2. The number of ether oxygens (including phenoxy) is 5. The maximum absolute atomic E-state index is 14.6. The van der Waals surface area contributed by atoms with Crippen LogP contribution in [-0.4, -0.2) is 70.3 Å². The Hall–Kier alpha value is -5.46. The number of hydrogen-bond donors (Lipinski definition) is 3. The minimum Gasteiger partial charge on any atom is -0.493 e. The third-order valence-corrected chi connectivity index (χ3v) is 10.2. The zero-order valence-corrected chi connectivity index (χ0v) is 31.0. The Morgan fingerprint density at radius 3 is 2.10 bits per heavy atom. The molecular formula is C39H48N4O9. The second-order valence-electron chi connectivity index (χ2n) is 13.2. The quantitative estimate of drug-likeness (QED) is 0.248. The normalized spacial score (nSPS) is 17.2. The molecule has 3 aromatic rings. The Morgan fingerprint density at radius 1 is 0.885 bits per heavy atom. The molecule has 3 amide bonds. The molecule has 0 saturated heterocycles. The number of aryl methyl sites for hydroxylation is 1. The summed E-state index contributed by atoms with van der Waals surface area (Å²) in [4.78, 5) is 55.4. The fraction of sp³-hybridized carbons (Fsp3) is 0.436. The summed E-state index contributed by atoms with van der Waals surface area (Å²) in [5.41, 5.74) is 10.2. The molecule has 0 radical (unpaired) electrons. The molecule has 4 N–H and O–H groups in total. The minimum absolute atomic E-state index is 0.109. The van der Waals surface area contributed by atoms with Gasteiger partial charge in [0, 0.05) is 25.5 Å². The van der Waals surface area contributed by atoms with E-state index >= 15 is 0 Å². The van der Waals surface area contributed by atoms with Crippen LogP contribution in [0.3, 0.4) is 0 Å². The van der Waals surface area contributed by atoms with Crippen LogP contribution in [0.25, 0.3) is 11.1 Å². The molecule has 1 heterocycles. The number of nitrogens with two attached hydrogens (primary N) is 1. The van der Waals surface area contributed by atoms with Crippen LogP contribution in [0.2, 0.25) is 0 Å². The van der Waals surface area contributed by atoms with Gasteiger partial charge in [0.25, 0.3) is 0 Å². The van der Waals surface area contributed by atoms with Gasteiger partial charge in [-0.2, -0.15) is 0 Å². The van der Waals surface area contributed by atoms with E-state index in [0.29, 0.717) is 64.7 Å². The van der Waals surface area contributed by atoms with Gasteiger partial charge in [-0.1, -0.05) is 26.3 Å². The van der Waals surface area contributed by atoms with Crippen LogP contribution in [0.1, 0.15) is 61.9 Å². The first-order valence-electron chi connectivity index (χ1n) is 17.3. The lowest BCUT2D eigenvalue weighted by atomic mass is 9.90. The Labute approximate surface area is 303 Å². The zero-order valence-electron chi connectivity index (χ0n) is 31.0. The van der Waals surface area contributed by atoms with Gasteiger partial charge in [-0.25, -0.2) is 0 Å². The molecule has 0 bridgehead atoms. The van der Waals surface area contributed by atoms with Gasteiger partial charge in [-0.15, -0.1) is 0 Å². The molecule has 0 spiro atoms. The molecule has 0 unspecified atom stereocenters. The number of amides is 3. The van der Waals surface area contributed by atoms with Crippen LogP contribution in [0.4, 0.5) is 5.69 Å². The van der Waals surface area contributed by atoms with Gasteiger partial charge in [0.05, 0.1) is 47.3 Å². The van der Waals surface area contributed by atoms with Gasteiger partial charge in [-0.05, 0) is 76.9 Å². The van der Waals surface area contributed by atoms with Gasteiger partial charge >= 0.3 is 0 Å². The summed E-state index contributed by atoms with van der Waals surface area (Å²) in [5.74, 6) is 0.831. The zero-order chi connectivity index (χ0) is 37.9. The third kappa shape index (κ3) is 7.17. The molecule has 1 aliphatic heterocycles. The highest BCUT2D eigenvalue weighted by atomic mass is 16.5. The number of nitrogens with one attached hydrogen (secondary N) is 2. The van der Waals surface area contributed by atoms with Gasteiger partial charge in [0.2, 0.25) is 28.9 Å². The van der Waals surface area contributed by atoms with Crippen molar-refractivity contribution in [2.75, 3.05) is 40.9 Å². The van der Waals surface area contributed by atoms with E-state index in [1.807, 2.05) is 19.9 Å². The summed E-state index contributed by atoms with van der Waals surface area (Å²) in [6, 6.07) is 8.14. The number of benzene rings is 2. The molecule has 0 fully saturated rings. The van der Waals surface area contributed by atoms with Crippen molar-refractivity contribution in [1.29, 1.82) is 0 Å². The number of rotatable bonds is 12. The summed E-state index contributed by atoms with van der Waals surface area (Å²) in [6.07, 6.45) is 1.85. The largest absolute Gasteiger partial charge is 0.493 e. The summed E-state index contributed by atoms with van der Waals surface area (Å²) in [6.45, 7) is 5.41. The van der Waals surface area contributed by atoms with Gasteiger partial charge in [0.15, 0.2) is 23.0 Å². The molecule has 52 heavy (non-hydrogen) atoms. The Morgan fingerprint density at radius 2 is 1.52 bits per heavy atom. The van der Waals surface area contributed by atoms with Crippen molar-refractivity contribution in [1.82, 2.24) is 10.2 Å². The van der Waals surface area contributed by atoms with E-state index < -0.39 is 24.0 Å².